The molecule has 4 heteroatoms. The van der Waals surface area contributed by atoms with Crippen molar-refractivity contribution >= 4 is 0 Å². The minimum absolute atomic E-state index is 0.179. The summed E-state index contributed by atoms with van der Waals surface area (Å²) in [6.07, 6.45) is 3.71. The Kier molecular flexibility index (Phi) is 4.38. The first-order valence-corrected chi connectivity index (χ1v) is 10.0. The Balaban J connectivity index is 1.36. The normalized spacial score (nSPS) is 35.5. The number of hydrogen-bond donors (Lipinski definition) is 2. The van der Waals surface area contributed by atoms with E-state index in [4.69, 9.17) is 0 Å². The van der Waals surface area contributed by atoms with Crippen molar-refractivity contribution in [2.45, 2.75) is 69.7 Å². The number of benzene rings is 1. The summed E-state index contributed by atoms with van der Waals surface area (Å²) in [5, 5.41) is 23.5. The van der Waals surface area contributed by atoms with Crippen LogP contribution in [0, 0.1) is 22.7 Å². The minimum atomic E-state index is -0.252. The Hall–Kier alpha value is -1.41. The Morgan fingerprint density at radius 1 is 1.27 bits per heavy atom. The third-order valence-corrected chi connectivity index (χ3v) is 7.04. The van der Waals surface area contributed by atoms with Crippen molar-refractivity contribution < 1.29 is 5.11 Å². The molecule has 1 aromatic carbocycles. The maximum Gasteiger partial charge on any atom is 0.0823 e. The van der Waals surface area contributed by atoms with Gasteiger partial charge in [-0.05, 0) is 49.8 Å². The summed E-state index contributed by atoms with van der Waals surface area (Å²) in [6.45, 7) is 6.48. The Bertz CT molecular complexity index is 698. The second-order valence-corrected chi connectivity index (χ2v) is 9.32. The van der Waals surface area contributed by atoms with Crippen LogP contribution in [0.1, 0.15) is 50.7 Å². The number of nitrogens with zero attached hydrogens (tertiary/aromatic N) is 2. The van der Waals surface area contributed by atoms with E-state index in [1.807, 2.05) is 0 Å². The van der Waals surface area contributed by atoms with Gasteiger partial charge in [-0.2, -0.15) is 5.26 Å². The predicted octanol–water partition coefficient (Wildman–Crippen LogP) is 2.81. The molecule has 0 aromatic heterocycles. The number of nitrogens with one attached hydrogen (secondary N) is 1. The molecule has 1 aromatic rings. The molecule has 2 unspecified atom stereocenters. The van der Waals surface area contributed by atoms with E-state index >= 15 is 0 Å². The molecular formula is C22H31N3O. The smallest absolute Gasteiger partial charge is 0.0823 e. The molecule has 2 saturated carbocycles. The topological polar surface area (TPSA) is 59.3 Å². The summed E-state index contributed by atoms with van der Waals surface area (Å²) in [7, 11) is 2.21. The van der Waals surface area contributed by atoms with Crippen LogP contribution in [-0.2, 0) is 12.0 Å². The van der Waals surface area contributed by atoms with Gasteiger partial charge in [0.25, 0.3) is 0 Å². The highest BCUT2D eigenvalue weighted by atomic mass is 16.3. The van der Waals surface area contributed by atoms with Crippen LogP contribution >= 0.6 is 0 Å². The van der Waals surface area contributed by atoms with Crippen molar-refractivity contribution in [3.8, 4) is 6.07 Å². The minimum Gasteiger partial charge on any atom is -0.391 e. The summed E-state index contributed by atoms with van der Waals surface area (Å²) in [5.74, 6) is 0.627. The molecule has 0 radical (unpaired) electrons. The fraction of sp³-hybridized carbons (Fsp3) is 0.682. The molecule has 2 N–H and O–H groups in total. The van der Waals surface area contributed by atoms with Crippen LogP contribution < -0.4 is 5.32 Å². The van der Waals surface area contributed by atoms with Gasteiger partial charge in [-0.15, -0.1) is 0 Å². The summed E-state index contributed by atoms with van der Waals surface area (Å²) in [6, 6.07) is 11.7. The van der Waals surface area contributed by atoms with E-state index in [9.17, 15) is 10.4 Å². The Morgan fingerprint density at radius 3 is 2.50 bits per heavy atom. The zero-order valence-electron chi connectivity index (χ0n) is 16.2. The highest BCUT2D eigenvalue weighted by Crippen LogP contribution is 2.52. The monoisotopic (exact) mass is 353 g/mol. The van der Waals surface area contributed by atoms with Gasteiger partial charge in [-0.1, -0.05) is 38.1 Å². The molecule has 0 amide bonds. The Labute approximate surface area is 157 Å². The molecule has 1 spiro atoms. The first-order chi connectivity index (χ1) is 12.4. The fourth-order valence-corrected chi connectivity index (χ4v) is 5.84. The van der Waals surface area contributed by atoms with Gasteiger partial charge in [0.05, 0.1) is 17.6 Å². The summed E-state index contributed by atoms with van der Waals surface area (Å²) in [4.78, 5) is 2.45. The highest BCUT2D eigenvalue weighted by Gasteiger charge is 2.57. The molecule has 1 heterocycles. The first kappa shape index (κ1) is 18.0. The summed E-state index contributed by atoms with van der Waals surface area (Å²) in [5.41, 5.74) is 2.46. The van der Waals surface area contributed by atoms with Crippen LogP contribution in [0.15, 0.2) is 24.3 Å². The standard InChI is InChI=1S/C22H31N3O/c1-15(2)20-22(14-25(20)3)10-18(19(26)11-22)24-12-16-4-6-17(7-5-16)21(13-23)8-9-21/h4-7,15,18-20,24,26H,8-12,14H2,1-3H3/t18-,19-,20?,22?/m1/s1. The van der Waals surface area contributed by atoms with Gasteiger partial charge in [0.1, 0.15) is 0 Å². The largest absolute Gasteiger partial charge is 0.391 e. The maximum atomic E-state index is 10.6. The number of rotatable bonds is 5. The average molecular weight is 354 g/mol. The van der Waals surface area contributed by atoms with Crippen LogP contribution in [0.5, 0.6) is 0 Å². The second-order valence-electron chi connectivity index (χ2n) is 9.32. The molecule has 26 heavy (non-hydrogen) atoms. The van der Waals surface area contributed by atoms with E-state index in [-0.39, 0.29) is 23.0 Å². The Morgan fingerprint density at radius 2 is 1.96 bits per heavy atom. The van der Waals surface area contributed by atoms with Crippen molar-refractivity contribution in [3.05, 3.63) is 35.4 Å². The predicted molar refractivity (Wildman–Crippen MR) is 103 cm³/mol. The van der Waals surface area contributed by atoms with Gasteiger partial charge in [-0.3, -0.25) is 0 Å². The number of nitriles is 1. The fourth-order valence-electron chi connectivity index (χ4n) is 5.84. The van der Waals surface area contributed by atoms with E-state index in [0.717, 1.165) is 44.3 Å². The van der Waals surface area contributed by atoms with Crippen molar-refractivity contribution in [2.24, 2.45) is 11.3 Å². The summed E-state index contributed by atoms with van der Waals surface area (Å²) >= 11 is 0. The van der Waals surface area contributed by atoms with Gasteiger partial charge in [0, 0.05) is 30.6 Å². The third-order valence-electron chi connectivity index (χ3n) is 7.04. The van der Waals surface area contributed by atoms with Gasteiger partial charge in [0.15, 0.2) is 0 Å². The van der Waals surface area contributed by atoms with Crippen molar-refractivity contribution in [1.29, 1.82) is 5.26 Å². The molecule has 1 aliphatic heterocycles. The SMILES string of the molecule is CC(C)C1N(C)CC12C[C@@H](O)[C@H](NCc1ccc(C3(C#N)CC3)cc1)C2. The van der Waals surface area contributed by atoms with E-state index < -0.39 is 0 Å². The lowest BCUT2D eigenvalue weighted by molar-refractivity contribution is -0.0828. The summed E-state index contributed by atoms with van der Waals surface area (Å²) < 4.78 is 0. The van der Waals surface area contributed by atoms with Gasteiger partial charge < -0.3 is 15.3 Å². The molecule has 4 nitrogen and oxygen atoms in total. The zero-order valence-corrected chi connectivity index (χ0v) is 16.2. The lowest BCUT2D eigenvalue weighted by Crippen LogP contribution is -2.64. The van der Waals surface area contributed by atoms with Crippen LogP contribution in [0.4, 0.5) is 0 Å². The van der Waals surface area contributed by atoms with E-state index in [0.29, 0.717) is 12.0 Å². The molecule has 3 fully saturated rings. The van der Waals surface area contributed by atoms with E-state index in [2.05, 4.69) is 61.4 Å². The van der Waals surface area contributed by atoms with Gasteiger partial charge in [0.2, 0.25) is 0 Å². The van der Waals surface area contributed by atoms with Crippen molar-refractivity contribution in [1.82, 2.24) is 10.2 Å². The van der Waals surface area contributed by atoms with Crippen LogP contribution in [0.3, 0.4) is 0 Å². The van der Waals surface area contributed by atoms with Gasteiger partial charge in [-0.25, -0.2) is 0 Å². The molecule has 1 saturated heterocycles. The zero-order chi connectivity index (χ0) is 18.5. The highest BCUT2D eigenvalue weighted by molar-refractivity contribution is 5.40. The third kappa shape index (κ3) is 2.87. The number of aliphatic hydroxyl groups excluding tert-OH is 1. The number of hydrogen-bond acceptors (Lipinski definition) is 4. The van der Waals surface area contributed by atoms with Crippen LogP contribution in [0.25, 0.3) is 0 Å². The van der Waals surface area contributed by atoms with Gasteiger partial charge >= 0.3 is 0 Å². The molecule has 3 aliphatic rings. The van der Waals surface area contributed by atoms with Crippen LogP contribution in [-0.4, -0.2) is 41.8 Å². The first-order valence-electron chi connectivity index (χ1n) is 10.0. The number of likely N-dealkylation sites (tertiary alicyclic amines) is 1. The molecule has 4 atom stereocenters. The second kappa shape index (κ2) is 6.34. The van der Waals surface area contributed by atoms with Crippen molar-refractivity contribution in [3.63, 3.8) is 0 Å². The molecule has 140 valence electrons. The molecule has 2 aliphatic carbocycles. The van der Waals surface area contributed by atoms with Crippen LogP contribution in [0.2, 0.25) is 0 Å². The quantitative estimate of drug-likeness (QED) is 0.855. The average Bonchev–Trinajstić information content (AvgIpc) is 3.32. The van der Waals surface area contributed by atoms with Crippen molar-refractivity contribution in [2.75, 3.05) is 13.6 Å². The number of aliphatic hydroxyl groups is 1. The lowest BCUT2D eigenvalue weighted by atomic mass is 9.66. The molecule has 4 rings (SSSR count). The lowest BCUT2D eigenvalue weighted by Gasteiger charge is -2.57. The van der Waals surface area contributed by atoms with E-state index in [1.165, 1.54) is 5.56 Å². The molecular weight excluding hydrogens is 322 g/mol. The maximum absolute atomic E-state index is 10.6. The van der Waals surface area contributed by atoms with E-state index in [1.54, 1.807) is 0 Å². The molecule has 0 bridgehead atoms.